The average Bonchev–Trinajstić information content (AvgIpc) is 2.90. The Labute approximate surface area is 129 Å². The Bertz CT molecular complexity index is 602. The summed E-state index contributed by atoms with van der Waals surface area (Å²) in [6.45, 7) is 3.61. The van der Waals surface area contributed by atoms with Crippen molar-refractivity contribution >= 4 is 17.2 Å². The predicted molar refractivity (Wildman–Crippen MR) is 84.3 cm³/mol. The van der Waals surface area contributed by atoms with Gasteiger partial charge in [0.25, 0.3) is 5.69 Å². The molecule has 0 radical (unpaired) electrons. The number of hydrogen-bond acceptors (Lipinski definition) is 5. The molecule has 0 aromatic heterocycles. The van der Waals surface area contributed by atoms with Crippen LogP contribution in [-0.2, 0) is 0 Å². The van der Waals surface area contributed by atoms with Crippen LogP contribution in [0.25, 0.3) is 0 Å². The fraction of sp³-hybridized carbons (Fsp3) is 0.562. The highest BCUT2D eigenvalue weighted by Gasteiger charge is 2.36. The number of anilines is 1. The van der Waals surface area contributed by atoms with Gasteiger partial charge in [0.2, 0.25) is 0 Å². The molecule has 118 valence electrons. The number of piperidine rings is 1. The van der Waals surface area contributed by atoms with Gasteiger partial charge in [-0.25, -0.2) is 0 Å². The molecule has 22 heavy (non-hydrogen) atoms. The van der Waals surface area contributed by atoms with E-state index >= 15 is 0 Å². The Balaban J connectivity index is 1.82. The topological polar surface area (TPSA) is 75.5 Å². The van der Waals surface area contributed by atoms with Gasteiger partial charge < -0.3 is 5.32 Å². The maximum absolute atomic E-state index is 11.4. The van der Waals surface area contributed by atoms with Gasteiger partial charge in [0, 0.05) is 30.3 Å². The van der Waals surface area contributed by atoms with E-state index in [0.717, 1.165) is 25.9 Å². The standard InChI is InChI=1S/C16H21N3O3/c1-11(20)12-5-6-13(16(10-12)19(21)22)17-14-7-9-18-8-3-2-4-15(14)18/h5-6,10,14-15,17H,2-4,7-9H2,1H3/t14-,15-/m0/s1. The van der Waals surface area contributed by atoms with Crippen LogP contribution in [0.15, 0.2) is 18.2 Å². The smallest absolute Gasteiger partial charge is 0.293 e. The summed E-state index contributed by atoms with van der Waals surface area (Å²) in [6.07, 6.45) is 4.63. The van der Waals surface area contributed by atoms with Gasteiger partial charge in [-0.2, -0.15) is 0 Å². The molecular formula is C16H21N3O3. The maximum atomic E-state index is 11.4. The van der Waals surface area contributed by atoms with Crippen LogP contribution in [0.2, 0.25) is 0 Å². The SMILES string of the molecule is CC(=O)c1ccc(N[C@H]2CCN3CCCC[C@@H]23)c([N+](=O)[O-])c1. The van der Waals surface area contributed by atoms with E-state index in [1.165, 1.54) is 25.8 Å². The number of carbonyl (C=O) groups is 1. The van der Waals surface area contributed by atoms with Crippen molar-refractivity contribution < 1.29 is 9.72 Å². The van der Waals surface area contributed by atoms with Gasteiger partial charge in [0.05, 0.1) is 4.92 Å². The quantitative estimate of drug-likeness (QED) is 0.526. The Morgan fingerprint density at radius 1 is 1.32 bits per heavy atom. The van der Waals surface area contributed by atoms with Gasteiger partial charge in [0.1, 0.15) is 5.69 Å². The molecule has 2 atom stereocenters. The van der Waals surface area contributed by atoms with Crippen LogP contribution < -0.4 is 5.32 Å². The first-order valence-electron chi connectivity index (χ1n) is 7.86. The number of hydrogen-bond donors (Lipinski definition) is 1. The number of nitrogens with one attached hydrogen (secondary N) is 1. The maximum Gasteiger partial charge on any atom is 0.293 e. The Kier molecular flexibility index (Phi) is 4.11. The molecule has 0 saturated carbocycles. The van der Waals surface area contributed by atoms with Crippen molar-refractivity contribution in [1.82, 2.24) is 4.90 Å². The minimum absolute atomic E-state index is 0.0121. The van der Waals surface area contributed by atoms with E-state index in [-0.39, 0.29) is 17.5 Å². The third kappa shape index (κ3) is 2.83. The summed E-state index contributed by atoms with van der Waals surface area (Å²) in [5, 5.41) is 14.7. The third-order valence-electron chi connectivity index (χ3n) is 4.80. The summed E-state index contributed by atoms with van der Waals surface area (Å²) in [5.74, 6) is -0.158. The lowest BCUT2D eigenvalue weighted by molar-refractivity contribution is -0.384. The van der Waals surface area contributed by atoms with Gasteiger partial charge in [-0.3, -0.25) is 19.8 Å². The first-order valence-corrected chi connectivity index (χ1v) is 7.86. The second kappa shape index (κ2) is 6.04. The molecule has 1 N–H and O–H groups in total. The molecule has 0 spiro atoms. The summed E-state index contributed by atoms with van der Waals surface area (Å²) in [6, 6.07) is 5.42. The average molecular weight is 303 g/mol. The van der Waals surface area contributed by atoms with Gasteiger partial charge in [-0.15, -0.1) is 0 Å². The number of nitrogens with zero attached hydrogens (tertiary/aromatic N) is 2. The predicted octanol–water partition coefficient (Wildman–Crippen LogP) is 2.84. The zero-order valence-electron chi connectivity index (χ0n) is 12.7. The molecule has 0 bridgehead atoms. The molecule has 0 unspecified atom stereocenters. The van der Waals surface area contributed by atoms with Crippen LogP contribution in [0.1, 0.15) is 43.0 Å². The van der Waals surface area contributed by atoms with Crippen molar-refractivity contribution in [2.45, 2.75) is 44.7 Å². The molecular weight excluding hydrogens is 282 g/mol. The lowest BCUT2D eigenvalue weighted by Gasteiger charge is -2.32. The number of benzene rings is 1. The Morgan fingerprint density at radius 2 is 2.14 bits per heavy atom. The lowest BCUT2D eigenvalue weighted by Crippen LogP contribution is -2.41. The molecule has 0 amide bonds. The van der Waals surface area contributed by atoms with Gasteiger partial charge in [0.15, 0.2) is 5.78 Å². The number of nitro groups is 1. The van der Waals surface area contributed by atoms with E-state index in [1.54, 1.807) is 12.1 Å². The van der Waals surface area contributed by atoms with Gasteiger partial charge in [-0.1, -0.05) is 6.42 Å². The zero-order valence-corrected chi connectivity index (χ0v) is 12.7. The minimum Gasteiger partial charge on any atom is -0.375 e. The van der Waals surface area contributed by atoms with Crippen molar-refractivity contribution in [3.63, 3.8) is 0 Å². The molecule has 2 heterocycles. The zero-order chi connectivity index (χ0) is 15.7. The van der Waals surface area contributed by atoms with Gasteiger partial charge in [-0.05, 0) is 44.9 Å². The third-order valence-corrected chi connectivity index (χ3v) is 4.80. The van der Waals surface area contributed by atoms with E-state index < -0.39 is 4.92 Å². The molecule has 0 aliphatic carbocycles. The summed E-state index contributed by atoms with van der Waals surface area (Å²) in [5.41, 5.74) is 0.886. The molecule has 2 aliphatic heterocycles. The summed E-state index contributed by atoms with van der Waals surface area (Å²) in [4.78, 5) is 24.8. The van der Waals surface area contributed by atoms with Crippen LogP contribution in [-0.4, -0.2) is 40.8 Å². The van der Waals surface area contributed by atoms with Crippen LogP contribution in [0.4, 0.5) is 11.4 Å². The second-order valence-corrected chi connectivity index (χ2v) is 6.18. The molecule has 2 aliphatic rings. The van der Waals surface area contributed by atoms with E-state index in [9.17, 15) is 14.9 Å². The lowest BCUT2D eigenvalue weighted by atomic mass is 9.98. The van der Waals surface area contributed by atoms with Crippen molar-refractivity contribution in [1.29, 1.82) is 0 Å². The molecule has 6 heteroatoms. The fourth-order valence-electron chi connectivity index (χ4n) is 3.64. The normalized spacial score (nSPS) is 24.8. The molecule has 2 saturated heterocycles. The van der Waals surface area contributed by atoms with Crippen LogP contribution in [0.3, 0.4) is 0 Å². The number of fused-ring (bicyclic) bond motifs is 1. The van der Waals surface area contributed by atoms with Crippen LogP contribution in [0, 0.1) is 10.1 Å². The monoisotopic (exact) mass is 303 g/mol. The fourth-order valence-corrected chi connectivity index (χ4v) is 3.64. The number of nitro benzene ring substituents is 1. The van der Waals surface area contributed by atoms with Crippen LogP contribution >= 0.6 is 0 Å². The highest BCUT2D eigenvalue weighted by atomic mass is 16.6. The second-order valence-electron chi connectivity index (χ2n) is 6.18. The molecule has 1 aromatic carbocycles. The molecule has 2 fully saturated rings. The summed E-state index contributed by atoms with van der Waals surface area (Å²) < 4.78 is 0. The summed E-state index contributed by atoms with van der Waals surface area (Å²) >= 11 is 0. The minimum atomic E-state index is -0.414. The highest BCUT2D eigenvalue weighted by molar-refractivity contribution is 5.95. The van der Waals surface area contributed by atoms with E-state index in [2.05, 4.69) is 10.2 Å². The van der Waals surface area contributed by atoms with E-state index in [0.29, 0.717) is 17.3 Å². The number of Topliss-reactive ketones (excluding diaryl/α,β-unsaturated/α-hetero) is 1. The molecule has 3 rings (SSSR count). The van der Waals surface area contributed by atoms with Crippen LogP contribution in [0.5, 0.6) is 0 Å². The number of carbonyl (C=O) groups excluding carboxylic acids is 1. The first kappa shape index (κ1) is 15.0. The largest absolute Gasteiger partial charge is 0.375 e. The van der Waals surface area contributed by atoms with Crippen molar-refractivity contribution in [2.75, 3.05) is 18.4 Å². The van der Waals surface area contributed by atoms with Gasteiger partial charge >= 0.3 is 0 Å². The number of rotatable bonds is 4. The molecule has 6 nitrogen and oxygen atoms in total. The highest BCUT2D eigenvalue weighted by Crippen LogP contribution is 2.32. The number of ketones is 1. The van der Waals surface area contributed by atoms with E-state index in [4.69, 9.17) is 0 Å². The molecule has 1 aromatic rings. The van der Waals surface area contributed by atoms with Crippen molar-refractivity contribution in [3.05, 3.63) is 33.9 Å². The Morgan fingerprint density at radius 3 is 2.86 bits per heavy atom. The van der Waals surface area contributed by atoms with Crippen molar-refractivity contribution in [3.8, 4) is 0 Å². The van der Waals surface area contributed by atoms with Crippen molar-refractivity contribution in [2.24, 2.45) is 0 Å². The summed E-state index contributed by atoms with van der Waals surface area (Å²) in [7, 11) is 0. The Hall–Kier alpha value is -1.95. The first-order chi connectivity index (χ1) is 10.6. The van der Waals surface area contributed by atoms with E-state index in [1.807, 2.05) is 0 Å².